The van der Waals surface area contributed by atoms with Gasteiger partial charge in [-0.25, -0.2) is 0 Å². The van der Waals surface area contributed by atoms with Crippen LogP contribution in [0.5, 0.6) is 0 Å². The molecule has 2 unspecified atom stereocenters. The third kappa shape index (κ3) is 2.84. The summed E-state index contributed by atoms with van der Waals surface area (Å²) >= 11 is 0. The standard InChI is InChI=1S/C11H21/c1-3-11-9-7-5-4-6-8-10(11)2/h10-11H,1,3-9H2,2H3. The van der Waals surface area contributed by atoms with Crippen LogP contribution >= 0.6 is 0 Å². The van der Waals surface area contributed by atoms with Crippen molar-refractivity contribution in [1.82, 2.24) is 0 Å². The summed E-state index contributed by atoms with van der Waals surface area (Å²) in [5, 5.41) is 0. The van der Waals surface area contributed by atoms with Gasteiger partial charge in [0.2, 0.25) is 0 Å². The molecule has 0 N–H and O–H groups in total. The Bertz CT molecular complexity index is 96.2. The molecule has 1 rings (SSSR count). The monoisotopic (exact) mass is 153 g/mol. The van der Waals surface area contributed by atoms with Crippen LogP contribution in [0.15, 0.2) is 0 Å². The van der Waals surface area contributed by atoms with Crippen molar-refractivity contribution >= 4 is 0 Å². The van der Waals surface area contributed by atoms with E-state index in [0.29, 0.717) is 0 Å². The van der Waals surface area contributed by atoms with Crippen LogP contribution in [0.1, 0.15) is 51.9 Å². The van der Waals surface area contributed by atoms with Gasteiger partial charge in [-0.05, 0) is 11.8 Å². The third-order valence-corrected chi connectivity index (χ3v) is 3.16. The molecule has 0 aliphatic heterocycles. The van der Waals surface area contributed by atoms with Gasteiger partial charge in [0.1, 0.15) is 0 Å². The van der Waals surface area contributed by atoms with E-state index in [0.717, 1.165) is 18.3 Å². The van der Waals surface area contributed by atoms with E-state index < -0.39 is 0 Å². The number of rotatable bonds is 1. The molecule has 0 amide bonds. The zero-order chi connectivity index (χ0) is 8.10. The van der Waals surface area contributed by atoms with E-state index in [1.54, 1.807) is 0 Å². The van der Waals surface area contributed by atoms with Gasteiger partial charge < -0.3 is 0 Å². The molecule has 0 spiro atoms. The lowest BCUT2D eigenvalue weighted by Gasteiger charge is -2.24. The van der Waals surface area contributed by atoms with E-state index in [2.05, 4.69) is 13.8 Å². The predicted octanol–water partition coefficient (Wildman–Crippen LogP) is 3.82. The fourth-order valence-electron chi connectivity index (χ4n) is 2.18. The van der Waals surface area contributed by atoms with Gasteiger partial charge in [0.15, 0.2) is 0 Å². The smallest absolute Gasteiger partial charge is 0.0388 e. The van der Waals surface area contributed by atoms with Crippen molar-refractivity contribution in [2.24, 2.45) is 11.8 Å². The summed E-state index contributed by atoms with van der Waals surface area (Å²) < 4.78 is 0. The van der Waals surface area contributed by atoms with E-state index in [-0.39, 0.29) is 0 Å². The fraction of sp³-hybridized carbons (Fsp3) is 0.909. The molecule has 0 aromatic carbocycles. The second-order valence-electron chi connectivity index (χ2n) is 4.02. The van der Waals surface area contributed by atoms with Crippen molar-refractivity contribution in [3.63, 3.8) is 0 Å². The molecule has 1 radical (unpaired) electrons. The molecule has 0 heteroatoms. The van der Waals surface area contributed by atoms with Crippen molar-refractivity contribution in [2.45, 2.75) is 51.9 Å². The first-order valence-corrected chi connectivity index (χ1v) is 5.14. The van der Waals surface area contributed by atoms with E-state index >= 15 is 0 Å². The molecular formula is C11H21. The lowest BCUT2D eigenvalue weighted by atomic mass is 9.81. The predicted molar refractivity (Wildman–Crippen MR) is 50.3 cm³/mol. The Labute approximate surface area is 71.4 Å². The summed E-state index contributed by atoms with van der Waals surface area (Å²) in [5.74, 6) is 1.86. The van der Waals surface area contributed by atoms with Gasteiger partial charge in [0, 0.05) is 0 Å². The molecule has 1 aliphatic carbocycles. The van der Waals surface area contributed by atoms with Crippen LogP contribution in [0.25, 0.3) is 0 Å². The Kier molecular flexibility index (Phi) is 3.96. The van der Waals surface area contributed by atoms with E-state index in [4.69, 9.17) is 0 Å². The second kappa shape index (κ2) is 4.79. The van der Waals surface area contributed by atoms with Crippen LogP contribution in [0.3, 0.4) is 0 Å². The third-order valence-electron chi connectivity index (χ3n) is 3.16. The Morgan fingerprint density at radius 1 is 1.09 bits per heavy atom. The first kappa shape index (κ1) is 9.09. The topological polar surface area (TPSA) is 0 Å². The molecule has 65 valence electrons. The maximum atomic E-state index is 4.03. The van der Waals surface area contributed by atoms with Gasteiger partial charge in [0.05, 0.1) is 0 Å². The summed E-state index contributed by atoms with van der Waals surface area (Å²) in [6, 6.07) is 0. The largest absolute Gasteiger partial charge is 0.0622 e. The summed E-state index contributed by atoms with van der Waals surface area (Å²) in [6.07, 6.45) is 9.87. The number of hydrogen-bond acceptors (Lipinski definition) is 0. The summed E-state index contributed by atoms with van der Waals surface area (Å²) in [5.41, 5.74) is 0. The summed E-state index contributed by atoms with van der Waals surface area (Å²) in [4.78, 5) is 0. The van der Waals surface area contributed by atoms with Gasteiger partial charge in [-0.15, -0.1) is 0 Å². The Morgan fingerprint density at radius 2 is 1.73 bits per heavy atom. The Balaban J connectivity index is 2.33. The molecule has 1 fully saturated rings. The molecule has 1 aliphatic rings. The molecule has 11 heavy (non-hydrogen) atoms. The summed E-state index contributed by atoms with van der Waals surface area (Å²) in [7, 11) is 0. The molecule has 0 heterocycles. The van der Waals surface area contributed by atoms with Crippen molar-refractivity contribution in [2.75, 3.05) is 0 Å². The molecule has 0 aromatic rings. The van der Waals surface area contributed by atoms with Crippen LogP contribution in [0.2, 0.25) is 0 Å². The SMILES string of the molecule is [CH2]CC1CCCCCCC1C. The zero-order valence-corrected chi connectivity index (χ0v) is 7.81. The molecule has 0 aromatic heterocycles. The minimum absolute atomic E-state index is 0.926. The average molecular weight is 153 g/mol. The van der Waals surface area contributed by atoms with Crippen molar-refractivity contribution in [1.29, 1.82) is 0 Å². The maximum absolute atomic E-state index is 4.03. The molecule has 2 atom stereocenters. The molecule has 0 nitrogen and oxygen atoms in total. The fourth-order valence-corrected chi connectivity index (χ4v) is 2.18. The minimum Gasteiger partial charge on any atom is -0.0622 e. The van der Waals surface area contributed by atoms with Crippen LogP contribution in [0.4, 0.5) is 0 Å². The zero-order valence-electron chi connectivity index (χ0n) is 7.81. The first-order valence-electron chi connectivity index (χ1n) is 5.14. The highest BCUT2D eigenvalue weighted by atomic mass is 14.2. The van der Waals surface area contributed by atoms with Crippen molar-refractivity contribution in [3.05, 3.63) is 6.92 Å². The van der Waals surface area contributed by atoms with Crippen LogP contribution in [0, 0.1) is 18.8 Å². The summed E-state index contributed by atoms with van der Waals surface area (Å²) in [6.45, 7) is 6.44. The van der Waals surface area contributed by atoms with Crippen molar-refractivity contribution < 1.29 is 0 Å². The van der Waals surface area contributed by atoms with Crippen LogP contribution in [-0.2, 0) is 0 Å². The lowest BCUT2D eigenvalue weighted by Crippen LogP contribution is -2.12. The van der Waals surface area contributed by atoms with Crippen LogP contribution < -0.4 is 0 Å². The average Bonchev–Trinajstić information content (AvgIpc) is 1.98. The lowest BCUT2D eigenvalue weighted by molar-refractivity contribution is 0.281. The second-order valence-corrected chi connectivity index (χ2v) is 4.02. The first-order chi connectivity index (χ1) is 5.34. The highest BCUT2D eigenvalue weighted by Gasteiger charge is 2.16. The molecule has 0 saturated heterocycles. The van der Waals surface area contributed by atoms with E-state index in [1.807, 2.05) is 0 Å². The van der Waals surface area contributed by atoms with Gasteiger partial charge in [-0.1, -0.05) is 58.8 Å². The van der Waals surface area contributed by atoms with Gasteiger partial charge in [-0.2, -0.15) is 0 Å². The van der Waals surface area contributed by atoms with Crippen LogP contribution in [-0.4, -0.2) is 0 Å². The number of hydrogen-bond donors (Lipinski definition) is 0. The van der Waals surface area contributed by atoms with Gasteiger partial charge in [-0.3, -0.25) is 0 Å². The maximum Gasteiger partial charge on any atom is -0.0388 e. The highest BCUT2D eigenvalue weighted by Crippen LogP contribution is 2.29. The quantitative estimate of drug-likeness (QED) is 0.537. The molecule has 0 bridgehead atoms. The Hall–Kier alpha value is 0. The Morgan fingerprint density at radius 3 is 2.36 bits per heavy atom. The van der Waals surface area contributed by atoms with E-state index in [9.17, 15) is 0 Å². The van der Waals surface area contributed by atoms with E-state index in [1.165, 1.54) is 38.5 Å². The highest BCUT2D eigenvalue weighted by molar-refractivity contribution is 4.70. The molecular weight excluding hydrogens is 132 g/mol. The van der Waals surface area contributed by atoms with Gasteiger partial charge in [0.25, 0.3) is 0 Å². The molecule has 1 saturated carbocycles. The minimum atomic E-state index is 0.926. The normalized spacial score (nSPS) is 34.4. The van der Waals surface area contributed by atoms with Gasteiger partial charge >= 0.3 is 0 Å². The van der Waals surface area contributed by atoms with Crippen molar-refractivity contribution in [3.8, 4) is 0 Å².